The number of hydrogen-bond donors (Lipinski definition) is 0. The van der Waals surface area contributed by atoms with Gasteiger partial charge in [-0.1, -0.05) is 164 Å². The van der Waals surface area contributed by atoms with E-state index in [2.05, 4.69) is 193 Å². The molecule has 6 aromatic carbocycles. The Morgan fingerprint density at radius 3 is 1.72 bits per heavy atom. The van der Waals surface area contributed by atoms with Crippen molar-refractivity contribution in [3.8, 4) is 22.3 Å². The summed E-state index contributed by atoms with van der Waals surface area (Å²) in [7, 11) is 0. The Morgan fingerprint density at radius 1 is 0.520 bits per heavy atom. The van der Waals surface area contributed by atoms with Crippen LogP contribution in [0.4, 0.5) is 5.69 Å². The molecule has 0 radical (unpaired) electrons. The summed E-state index contributed by atoms with van der Waals surface area (Å²) in [6.45, 7) is 0. The Labute approximate surface area is 294 Å². The zero-order chi connectivity index (χ0) is 33.1. The van der Waals surface area contributed by atoms with E-state index in [1.165, 1.54) is 72.7 Å². The maximum atomic E-state index is 2.53. The van der Waals surface area contributed by atoms with Crippen LogP contribution in [0, 0.1) is 5.92 Å². The number of fused-ring (bicyclic) bond motifs is 10. The van der Waals surface area contributed by atoms with Gasteiger partial charge in [-0.25, -0.2) is 0 Å². The summed E-state index contributed by atoms with van der Waals surface area (Å²) < 4.78 is 0. The Morgan fingerprint density at radius 2 is 1.08 bits per heavy atom. The van der Waals surface area contributed by atoms with Gasteiger partial charge >= 0.3 is 0 Å². The van der Waals surface area contributed by atoms with Crippen LogP contribution in [0.3, 0.4) is 0 Å². The molecule has 0 aromatic heterocycles. The second-order valence-electron chi connectivity index (χ2n) is 14.0. The molecule has 0 fully saturated rings. The van der Waals surface area contributed by atoms with E-state index in [4.69, 9.17) is 0 Å². The lowest BCUT2D eigenvalue weighted by Crippen LogP contribution is -2.35. The molecule has 1 heteroatoms. The Bertz CT molecular complexity index is 2330. The van der Waals surface area contributed by atoms with Crippen molar-refractivity contribution >= 4 is 11.3 Å². The molecular weight excluding hydrogens is 603 g/mol. The highest BCUT2D eigenvalue weighted by Crippen LogP contribution is 2.65. The number of benzene rings is 6. The Balaban J connectivity index is 1.11. The highest BCUT2D eigenvalue weighted by atomic mass is 15.2. The van der Waals surface area contributed by atoms with Gasteiger partial charge in [0.05, 0.1) is 5.41 Å². The zero-order valence-electron chi connectivity index (χ0n) is 27.9. The molecule has 0 bridgehead atoms. The van der Waals surface area contributed by atoms with E-state index < -0.39 is 0 Å². The summed E-state index contributed by atoms with van der Waals surface area (Å²) in [6.07, 6.45) is 13.9. The Kier molecular flexibility index (Phi) is 6.74. The molecule has 4 aliphatic carbocycles. The normalized spacial score (nSPS) is 19.1. The standard InChI is InChI=1S/C49H37N/c1-3-13-34(14-4-1)36-23-27-38(28-24-36)50(39-29-25-37(26-30-39)35-15-5-2-6-16-35)40-31-32-44-43-19-9-12-22-47(43)49(48(44)33-40)45-20-10-7-17-41(45)42-18-8-11-21-46(42)49/h1-25,27-32,37,48H,26,33H2. The number of rotatable bonds is 5. The molecule has 2 unspecified atom stereocenters. The first-order chi connectivity index (χ1) is 24.8. The lowest BCUT2D eigenvalue weighted by Gasteiger charge is -2.40. The van der Waals surface area contributed by atoms with Crippen LogP contribution in [0.25, 0.3) is 27.8 Å². The second kappa shape index (κ2) is 11.6. The highest BCUT2D eigenvalue weighted by Gasteiger charge is 2.56. The van der Waals surface area contributed by atoms with Gasteiger partial charge in [0.2, 0.25) is 0 Å². The SMILES string of the molecule is C1=CC(c2ccccc2)CC=C1N(C1=CC=C2c3ccccc3C3(c4ccccc4-c4ccccc43)C2C1)c1ccc(-c2ccccc2)cc1. The molecule has 238 valence electrons. The van der Waals surface area contributed by atoms with Crippen LogP contribution in [-0.4, -0.2) is 0 Å². The zero-order valence-corrected chi connectivity index (χ0v) is 27.9. The molecule has 1 spiro atoms. The topological polar surface area (TPSA) is 3.24 Å². The van der Waals surface area contributed by atoms with Crippen molar-refractivity contribution in [2.75, 3.05) is 4.90 Å². The average molecular weight is 640 g/mol. The van der Waals surface area contributed by atoms with Gasteiger partial charge < -0.3 is 4.90 Å². The van der Waals surface area contributed by atoms with Crippen molar-refractivity contribution in [1.29, 1.82) is 0 Å². The molecule has 1 nitrogen and oxygen atoms in total. The molecule has 10 rings (SSSR count). The van der Waals surface area contributed by atoms with Gasteiger partial charge in [-0.15, -0.1) is 0 Å². The van der Waals surface area contributed by atoms with Crippen molar-refractivity contribution in [3.05, 3.63) is 227 Å². The predicted molar refractivity (Wildman–Crippen MR) is 208 cm³/mol. The summed E-state index contributed by atoms with van der Waals surface area (Å²) >= 11 is 0. The minimum atomic E-state index is -0.243. The monoisotopic (exact) mass is 639 g/mol. The summed E-state index contributed by atoms with van der Waals surface area (Å²) in [5.74, 6) is 0.647. The van der Waals surface area contributed by atoms with Crippen LogP contribution in [-0.2, 0) is 5.41 Å². The van der Waals surface area contributed by atoms with E-state index in [0.29, 0.717) is 5.92 Å². The second-order valence-corrected chi connectivity index (χ2v) is 14.0. The molecule has 0 heterocycles. The third-order valence-corrected chi connectivity index (χ3v) is 11.5. The molecule has 0 N–H and O–H groups in total. The first-order valence-electron chi connectivity index (χ1n) is 17.9. The van der Waals surface area contributed by atoms with Crippen molar-refractivity contribution in [1.82, 2.24) is 0 Å². The number of hydrogen-bond acceptors (Lipinski definition) is 1. The third kappa shape index (κ3) is 4.33. The van der Waals surface area contributed by atoms with Crippen LogP contribution in [0.2, 0.25) is 0 Å². The quantitative estimate of drug-likeness (QED) is 0.181. The van der Waals surface area contributed by atoms with Crippen LogP contribution in [0.15, 0.2) is 199 Å². The van der Waals surface area contributed by atoms with Gasteiger partial charge in [0.15, 0.2) is 0 Å². The Hall–Kier alpha value is -5.92. The predicted octanol–water partition coefficient (Wildman–Crippen LogP) is 12.1. The summed E-state index contributed by atoms with van der Waals surface area (Å²) in [6, 6.07) is 58.2. The van der Waals surface area contributed by atoms with Crippen LogP contribution < -0.4 is 4.90 Å². The van der Waals surface area contributed by atoms with Crippen LogP contribution in [0.1, 0.15) is 46.6 Å². The van der Waals surface area contributed by atoms with E-state index in [0.717, 1.165) is 12.8 Å². The first kappa shape index (κ1) is 29.0. The van der Waals surface area contributed by atoms with Gasteiger partial charge in [0.1, 0.15) is 0 Å². The van der Waals surface area contributed by atoms with Crippen molar-refractivity contribution in [3.63, 3.8) is 0 Å². The highest BCUT2D eigenvalue weighted by molar-refractivity contribution is 5.93. The van der Waals surface area contributed by atoms with Gasteiger partial charge in [-0.3, -0.25) is 0 Å². The summed E-state index contributed by atoms with van der Waals surface area (Å²) in [4.78, 5) is 2.53. The maximum Gasteiger partial charge on any atom is 0.0541 e. The van der Waals surface area contributed by atoms with E-state index in [-0.39, 0.29) is 11.3 Å². The van der Waals surface area contributed by atoms with E-state index in [9.17, 15) is 0 Å². The van der Waals surface area contributed by atoms with E-state index in [1.807, 2.05) is 0 Å². The number of allylic oxidation sites excluding steroid dienone is 7. The summed E-state index contributed by atoms with van der Waals surface area (Å²) in [5, 5.41) is 0. The molecule has 0 amide bonds. The lowest BCUT2D eigenvalue weighted by atomic mass is 9.65. The van der Waals surface area contributed by atoms with Crippen molar-refractivity contribution in [2.45, 2.75) is 24.2 Å². The fourth-order valence-corrected chi connectivity index (χ4v) is 9.36. The van der Waals surface area contributed by atoms with Crippen molar-refractivity contribution in [2.24, 2.45) is 5.92 Å². The molecule has 50 heavy (non-hydrogen) atoms. The minimum Gasteiger partial charge on any atom is -0.315 e. The first-order valence-corrected chi connectivity index (χ1v) is 17.9. The van der Waals surface area contributed by atoms with Crippen LogP contribution >= 0.6 is 0 Å². The van der Waals surface area contributed by atoms with Gasteiger partial charge in [-0.2, -0.15) is 0 Å². The molecule has 0 saturated carbocycles. The van der Waals surface area contributed by atoms with Gasteiger partial charge in [-0.05, 0) is 92.8 Å². The third-order valence-electron chi connectivity index (χ3n) is 11.5. The number of nitrogens with zero attached hydrogens (tertiary/aromatic N) is 1. The minimum absolute atomic E-state index is 0.243. The van der Waals surface area contributed by atoms with Crippen molar-refractivity contribution < 1.29 is 0 Å². The number of anilines is 1. The maximum absolute atomic E-state index is 2.53. The summed E-state index contributed by atoms with van der Waals surface area (Å²) in [5.41, 5.74) is 17.2. The van der Waals surface area contributed by atoms with E-state index in [1.54, 1.807) is 0 Å². The fourth-order valence-electron chi connectivity index (χ4n) is 9.36. The van der Waals surface area contributed by atoms with Gasteiger partial charge in [0, 0.05) is 28.9 Å². The molecule has 0 aliphatic heterocycles. The lowest BCUT2D eigenvalue weighted by molar-refractivity contribution is 0.482. The molecule has 6 aromatic rings. The smallest absolute Gasteiger partial charge is 0.0541 e. The molecule has 0 saturated heterocycles. The molecular formula is C49H37N. The van der Waals surface area contributed by atoms with Crippen LogP contribution in [0.5, 0.6) is 0 Å². The fraction of sp³-hybridized carbons (Fsp3) is 0.102. The van der Waals surface area contributed by atoms with E-state index >= 15 is 0 Å². The molecule has 4 aliphatic rings. The molecule has 2 atom stereocenters. The van der Waals surface area contributed by atoms with Gasteiger partial charge in [0.25, 0.3) is 0 Å². The largest absolute Gasteiger partial charge is 0.315 e. The average Bonchev–Trinajstić information content (AvgIpc) is 3.66.